The van der Waals surface area contributed by atoms with Gasteiger partial charge >= 0.3 is 0 Å². The van der Waals surface area contributed by atoms with E-state index in [0.29, 0.717) is 5.41 Å². The van der Waals surface area contributed by atoms with E-state index in [1.165, 1.54) is 29.8 Å². The molecular formula is C14H27N3S. The molecule has 2 N–H and O–H groups in total. The van der Waals surface area contributed by atoms with E-state index in [1.54, 1.807) is 11.3 Å². The van der Waals surface area contributed by atoms with Crippen molar-refractivity contribution in [3.63, 3.8) is 0 Å². The number of nitrogens with two attached hydrogens (primary N) is 1. The average molecular weight is 269 g/mol. The first kappa shape index (κ1) is 15.6. The molecule has 0 aromatic carbocycles. The van der Waals surface area contributed by atoms with Crippen molar-refractivity contribution in [2.45, 2.75) is 46.6 Å². The van der Waals surface area contributed by atoms with Crippen molar-refractivity contribution >= 4 is 11.3 Å². The van der Waals surface area contributed by atoms with E-state index in [9.17, 15) is 0 Å². The fraction of sp³-hybridized carbons (Fsp3) is 0.786. The van der Waals surface area contributed by atoms with E-state index < -0.39 is 0 Å². The van der Waals surface area contributed by atoms with Crippen LogP contribution in [0.15, 0.2) is 5.51 Å². The van der Waals surface area contributed by atoms with E-state index in [1.807, 2.05) is 5.51 Å². The van der Waals surface area contributed by atoms with Gasteiger partial charge in [0, 0.05) is 11.4 Å². The minimum absolute atomic E-state index is 0.298. The Morgan fingerprint density at radius 2 is 2.11 bits per heavy atom. The van der Waals surface area contributed by atoms with Gasteiger partial charge in [0.15, 0.2) is 0 Å². The summed E-state index contributed by atoms with van der Waals surface area (Å²) in [6.45, 7) is 9.54. The van der Waals surface area contributed by atoms with Crippen LogP contribution in [0.2, 0.25) is 0 Å². The van der Waals surface area contributed by atoms with Gasteiger partial charge in [-0.3, -0.25) is 0 Å². The van der Waals surface area contributed by atoms with Gasteiger partial charge in [0.05, 0.1) is 11.2 Å². The van der Waals surface area contributed by atoms with E-state index in [0.717, 1.165) is 19.6 Å². The summed E-state index contributed by atoms with van der Waals surface area (Å²) in [4.78, 5) is 8.06. The Morgan fingerprint density at radius 3 is 2.67 bits per heavy atom. The predicted molar refractivity (Wildman–Crippen MR) is 79.9 cm³/mol. The zero-order valence-electron chi connectivity index (χ0n) is 12.2. The van der Waals surface area contributed by atoms with Gasteiger partial charge in [-0.05, 0) is 45.3 Å². The van der Waals surface area contributed by atoms with E-state index in [4.69, 9.17) is 5.73 Å². The number of aromatic nitrogens is 1. The quantitative estimate of drug-likeness (QED) is 0.738. The number of rotatable bonds is 8. The Labute approximate surface area is 115 Å². The normalized spacial score (nSPS) is 12.3. The summed E-state index contributed by atoms with van der Waals surface area (Å²) in [6.07, 6.45) is 3.73. The summed E-state index contributed by atoms with van der Waals surface area (Å²) in [5, 5.41) is 0. The van der Waals surface area contributed by atoms with Gasteiger partial charge in [0.2, 0.25) is 0 Å². The second kappa shape index (κ2) is 7.22. The molecule has 1 heterocycles. The van der Waals surface area contributed by atoms with Crippen LogP contribution in [0.25, 0.3) is 0 Å². The lowest BCUT2D eigenvalue weighted by molar-refractivity contribution is 0.290. The molecule has 1 aromatic rings. The predicted octanol–water partition coefficient (Wildman–Crippen LogP) is 3.04. The number of aryl methyl sites for hydroxylation is 1. The third-order valence-corrected chi connectivity index (χ3v) is 4.37. The van der Waals surface area contributed by atoms with Gasteiger partial charge in [0.25, 0.3) is 0 Å². The van der Waals surface area contributed by atoms with Crippen LogP contribution in [-0.4, -0.2) is 30.0 Å². The van der Waals surface area contributed by atoms with E-state index >= 15 is 0 Å². The second-order valence-corrected chi connectivity index (χ2v) is 6.86. The van der Waals surface area contributed by atoms with Crippen LogP contribution in [-0.2, 0) is 6.54 Å². The first-order valence-electron chi connectivity index (χ1n) is 6.72. The highest BCUT2D eigenvalue weighted by Gasteiger charge is 2.14. The second-order valence-electron chi connectivity index (χ2n) is 5.92. The molecule has 0 fully saturated rings. The molecule has 0 unspecified atom stereocenters. The molecule has 0 aliphatic heterocycles. The fourth-order valence-electron chi connectivity index (χ4n) is 1.89. The molecule has 1 aromatic heterocycles. The van der Waals surface area contributed by atoms with Crippen molar-refractivity contribution in [1.82, 2.24) is 9.88 Å². The maximum Gasteiger partial charge on any atom is 0.0798 e. The maximum absolute atomic E-state index is 5.74. The number of unbranched alkanes of at least 4 members (excludes halogenated alkanes) is 1. The van der Waals surface area contributed by atoms with Crippen LogP contribution in [0.4, 0.5) is 0 Å². The Hall–Kier alpha value is -0.450. The minimum Gasteiger partial charge on any atom is -0.330 e. The lowest BCUT2D eigenvalue weighted by Gasteiger charge is -2.23. The van der Waals surface area contributed by atoms with Crippen molar-refractivity contribution in [2.75, 3.05) is 20.1 Å². The average Bonchev–Trinajstić information content (AvgIpc) is 2.71. The lowest BCUT2D eigenvalue weighted by Crippen LogP contribution is -2.24. The third-order valence-electron chi connectivity index (χ3n) is 3.45. The molecule has 0 aliphatic carbocycles. The first-order chi connectivity index (χ1) is 8.44. The van der Waals surface area contributed by atoms with Gasteiger partial charge in [-0.1, -0.05) is 20.3 Å². The van der Waals surface area contributed by atoms with Gasteiger partial charge in [-0.25, -0.2) is 4.98 Å². The number of nitrogens with zero attached hydrogens (tertiary/aromatic N) is 2. The zero-order valence-corrected chi connectivity index (χ0v) is 13.0. The first-order valence-corrected chi connectivity index (χ1v) is 7.60. The molecular weight excluding hydrogens is 242 g/mol. The Bertz CT molecular complexity index is 347. The molecule has 0 aliphatic rings. The third kappa shape index (κ3) is 5.46. The van der Waals surface area contributed by atoms with Crippen molar-refractivity contribution in [1.29, 1.82) is 0 Å². The van der Waals surface area contributed by atoms with Crippen LogP contribution in [0.3, 0.4) is 0 Å². The summed E-state index contributed by atoms with van der Waals surface area (Å²) in [5.74, 6) is 0. The van der Waals surface area contributed by atoms with Crippen LogP contribution >= 0.6 is 11.3 Å². The molecule has 0 bridgehead atoms. The van der Waals surface area contributed by atoms with Gasteiger partial charge < -0.3 is 10.6 Å². The molecule has 0 amide bonds. The topological polar surface area (TPSA) is 42.2 Å². The van der Waals surface area contributed by atoms with Gasteiger partial charge in [0.1, 0.15) is 0 Å². The largest absolute Gasteiger partial charge is 0.330 e. The van der Waals surface area contributed by atoms with Crippen LogP contribution in [0, 0.1) is 12.3 Å². The number of hydrogen-bond donors (Lipinski definition) is 1. The van der Waals surface area contributed by atoms with Crippen molar-refractivity contribution < 1.29 is 0 Å². The Kier molecular flexibility index (Phi) is 6.26. The standard InChI is InChI=1S/C14H27N3S/c1-12-13(18-11-16-12)9-17(4)8-6-5-7-14(2,3)10-15/h11H,5-10,15H2,1-4H3. The van der Waals surface area contributed by atoms with Crippen LogP contribution in [0.1, 0.15) is 43.7 Å². The molecule has 4 heteroatoms. The van der Waals surface area contributed by atoms with Gasteiger partial charge in [-0.15, -0.1) is 11.3 Å². The fourth-order valence-corrected chi connectivity index (χ4v) is 2.75. The van der Waals surface area contributed by atoms with Gasteiger partial charge in [-0.2, -0.15) is 0 Å². The van der Waals surface area contributed by atoms with Crippen molar-refractivity contribution in [3.8, 4) is 0 Å². The van der Waals surface area contributed by atoms with E-state index in [-0.39, 0.29) is 0 Å². The zero-order chi connectivity index (χ0) is 13.6. The molecule has 0 saturated heterocycles. The summed E-state index contributed by atoms with van der Waals surface area (Å²) >= 11 is 1.76. The molecule has 3 nitrogen and oxygen atoms in total. The van der Waals surface area contributed by atoms with Crippen LogP contribution < -0.4 is 5.73 Å². The summed E-state index contributed by atoms with van der Waals surface area (Å²) in [7, 11) is 2.19. The summed E-state index contributed by atoms with van der Waals surface area (Å²) in [5.41, 5.74) is 9.15. The number of hydrogen-bond acceptors (Lipinski definition) is 4. The molecule has 104 valence electrons. The summed E-state index contributed by atoms with van der Waals surface area (Å²) in [6, 6.07) is 0. The Balaban J connectivity index is 2.18. The molecule has 18 heavy (non-hydrogen) atoms. The highest BCUT2D eigenvalue weighted by molar-refractivity contribution is 7.09. The lowest BCUT2D eigenvalue weighted by atomic mass is 9.87. The van der Waals surface area contributed by atoms with Crippen LogP contribution in [0.5, 0.6) is 0 Å². The molecule has 1 rings (SSSR count). The SMILES string of the molecule is Cc1ncsc1CN(C)CCCCC(C)(C)CN. The summed E-state index contributed by atoms with van der Waals surface area (Å²) < 4.78 is 0. The minimum atomic E-state index is 0.298. The molecule has 0 atom stereocenters. The van der Waals surface area contributed by atoms with Crippen molar-refractivity contribution in [2.24, 2.45) is 11.1 Å². The highest BCUT2D eigenvalue weighted by Crippen LogP contribution is 2.21. The molecule has 0 spiro atoms. The highest BCUT2D eigenvalue weighted by atomic mass is 32.1. The smallest absolute Gasteiger partial charge is 0.0798 e. The monoisotopic (exact) mass is 269 g/mol. The Morgan fingerprint density at radius 1 is 1.39 bits per heavy atom. The van der Waals surface area contributed by atoms with E-state index in [2.05, 4.69) is 37.7 Å². The molecule has 0 saturated carbocycles. The maximum atomic E-state index is 5.74. The van der Waals surface area contributed by atoms with Crippen molar-refractivity contribution in [3.05, 3.63) is 16.1 Å². The molecule has 0 radical (unpaired) electrons. The number of thiazole rings is 1.